The zero-order valence-corrected chi connectivity index (χ0v) is 19.3. The van der Waals surface area contributed by atoms with Crippen molar-refractivity contribution in [1.29, 1.82) is 5.26 Å². The molecule has 162 valence electrons. The van der Waals surface area contributed by atoms with Gasteiger partial charge in [-0.05, 0) is 72.0 Å². The molecule has 0 radical (unpaired) electrons. The van der Waals surface area contributed by atoms with Crippen LogP contribution in [0.3, 0.4) is 0 Å². The molecule has 4 heteroatoms. The fraction of sp³-hybridized carbons (Fsp3) is 0.103. The van der Waals surface area contributed by atoms with Gasteiger partial charge in [-0.3, -0.25) is 4.79 Å². The summed E-state index contributed by atoms with van der Waals surface area (Å²) in [7, 11) is 0. The van der Waals surface area contributed by atoms with Crippen molar-refractivity contribution in [1.82, 2.24) is 0 Å². The Kier molecular flexibility index (Phi) is 6.58. The zero-order chi connectivity index (χ0) is 23.4. The van der Waals surface area contributed by atoms with E-state index in [4.69, 9.17) is 11.6 Å². The van der Waals surface area contributed by atoms with Crippen molar-refractivity contribution in [3.8, 4) is 6.07 Å². The van der Waals surface area contributed by atoms with Crippen LogP contribution < -0.4 is 5.32 Å². The number of rotatable bonds is 5. The number of hydrogen-bond acceptors (Lipinski definition) is 2. The molecule has 0 saturated heterocycles. The lowest BCUT2D eigenvalue weighted by Crippen LogP contribution is -2.13. The Morgan fingerprint density at radius 2 is 1.73 bits per heavy atom. The van der Waals surface area contributed by atoms with Gasteiger partial charge in [0.2, 0.25) is 0 Å². The Balaban J connectivity index is 1.78. The number of aryl methyl sites for hydroxylation is 2. The van der Waals surface area contributed by atoms with Gasteiger partial charge in [-0.2, -0.15) is 5.26 Å². The molecule has 0 spiro atoms. The molecule has 4 aromatic rings. The van der Waals surface area contributed by atoms with E-state index in [0.29, 0.717) is 17.1 Å². The lowest BCUT2D eigenvalue weighted by atomic mass is 9.92. The summed E-state index contributed by atoms with van der Waals surface area (Å²) in [5, 5.41) is 15.2. The molecule has 0 aliphatic carbocycles. The quantitative estimate of drug-likeness (QED) is 0.257. The van der Waals surface area contributed by atoms with Gasteiger partial charge in [0.25, 0.3) is 5.91 Å². The molecule has 4 rings (SSSR count). The summed E-state index contributed by atoms with van der Waals surface area (Å²) >= 11 is 6.03. The molecule has 0 unspecified atom stereocenters. The largest absolute Gasteiger partial charge is 0.321 e. The van der Waals surface area contributed by atoms with Crippen LogP contribution >= 0.6 is 11.6 Å². The Morgan fingerprint density at radius 1 is 0.970 bits per heavy atom. The van der Waals surface area contributed by atoms with Crippen LogP contribution in [-0.2, 0) is 11.2 Å². The second-order valence-electron chi connectivity index (χ2n) is 8.17. The third-order valence-electron chi connectivity index (χ3n) is 5.47. The molecule has 0 bridgehead atoms. The standard InChI is InChI=1S/C29H23ClN2O/c1-19-12-20(2)14-21(13-19)15-23-11-10-22-6-3-4-9-27(22)28(23)16-24(18-31)29(33)32-26-8-5-7-25(30)17-26/h3-14,16-17H,15H2,1-2H3,(H,32,33)/b24-16+. The monoisotopic (exact) mass is 450 g/mol. The molecule has 1 amide bonds. The van der Waals surface area contributed by atoms with E-state index in [9.17, 15) is 10.1 Å². The van der Waals surface area contributed by atoms with Gasteiger partial charge in [0.1, 0.15) is 11.6 Å². The average molecular weight is 451 g/mol. The van der Waals surface area contributed by atoms with Gasteiger partial charge >= 0.3 is 0 Å². The maximum absolute atomic E-state index is 12.9. The number of fused-ring (bicyclic) bond motifs is 1. The highest BCUT2D eigenvalue weighted by Gasteiger charge is 2.14. The van der Waals surface area contributed by atoms with Crippen LogP contribution in [-0.4, -0.2) is 5.91 Å². The topological polar surface area (TPSA) is 52.9 Å². The van der Waals surface area contributed by atoms with Gasteiger partial charge in [0.15, 0.2) is 0 Å². The molecule has 0 fully saturated rings. The Morgan fingerprint density at radius 3 is 2.45 bits per heavy atom. The lowest BCUT2D eigenvalue weighted by Gasteiger charge is -2.13. The van der Waals surface area contributed by atoms with Crippen LogP contribution in [0.4, 0.5) is 5.69 Å². The maximum Gasteiger partial charge on any atom is 0.266 e. The van der Waals surface area contributed by atoms with E-state index in [1.54, 1.807) is 30.3 Å². The van der Waals surface area contributed by atoms with Crippen LogP contribution in [0, 0.1) is 25.2 Å². The number of nitrogens with zero attached hydrogens (tertiary/aromatic N) is 1. The van der Waals surface area contributed by atoms with Crippen LogP contribution in [0.2, 0.25) is 5.02 Å². The number of carbonyl (C=O) groups is 1. The van der Waals surface area contributed by atoms with E-state index in [2.05, 4.69) is 55.6 Å². The van der Waals surface area contributed by atoms with Gasteiger partial charge in [0.05, 0.1) is 0 Å². The van der Waals surface area contributed by atoms with E-state index < -0.39 is 5.91 Å². The van der Waals surface area contributed by atoms with Crippen molar-refractivity contribution in [2.24, 2.45) is 0 Å². The number of anilines is 1. The van der Waals surface area contributed by atoms with Crippen molar-refractivity contribution >= 4 is 40.0 Å². The van der Waals surface area contributed by atoms with Crippen LogP contribution in [0.1, 0.15) is 27.8 Å². The molecule has 0 saturated carbocycles. The van der Waals surface area contributed by atoms with Gasteiger partial charge in [0, 0.05) is 10.7 Å². The number of carbonyl (C=O) groups excluding carboxylic acids is 1. The molecule has 0 aliphatic heterocycles. The highest BCUT2D eigenvalue weighted by molar-refractivity contribution is 6.31. The van der Waals surface area contributed by atoms with Gasteiger partial charge in [-0.15, -0.1) is 0 Å². The molecule has 3 nitrogen and oxygen atoms in total. The van der Waals surface area contributed by atoms with Crippen LogP contribution in [0.5, 0.6) is 0 Å². The number of benzene rings is 4. The number of nitriles is 1. The van der Waals surface area contributed by atoms with Crippen molar-refractivity contribution < 1.29 is 4.79 Å². The SMILES string of the molecule is Cc1cc(C)cc(Cc2ccc3ccccc3c2/C=C(\C#N)C(=O)Nc2cccc(Cl)c2)c1. The highest BCUT2D eigenvalue weighted by atomic mass is 35.5. The molecule has 0 heterocycles. The number of amides is 1. The molecule has 0 aromatic heterocycles. The van der Waals surface area contributed by atoms with Gasteiger partial charge < -0.3 is 5.32 Å². The fourth-order valence-electron chi connectivity index (χ4n) is 4.11. The fourth-order valence-corrected chi connectivity index (χ4v) is 4.30. The third-order valence-corrected chi connectivity index (χ3v) is 5.71. The zero-order valence-electron chi connectivity index (χ0n) is 18.5. The molecular formula is C29H23ClN2O. The molecule has 33 heavy (non-hydrogen) atoms. The predicted molar refractivity (Wildman–Crippen MR) is 136 cm³/mol. The van der Waals surface area contributed by atoms with Gasteiger partial charge in [-0.1, -0.05) is 83.4 Å². The van der Waals surface area contributed by atoms with E-state index in [-0.39, 0.29) is 5.57 Å². The predicted octanol–water partition coefficient (Wildman–Crippen LogP) is 7.25. The molecular weight excluding hydrogens is 428 g/mol. The van der Waals surface area contributed by atoms with Crippen molar-refractivity contribution in [3.05, 3.63) is 117 Å². The van der Waals surface area contributed by atoms with E-state index in [1.165, 1.54) is 16.7 Å². The number of nitrogens with one attached hydrogen (secondary N) is 1. The number of halogens is 1. The Hall–Kier alpha value is -3.87. The summed E-state index contributed by atoms with van der Waals surface area (Å²) in [6.45, 7) is 4.18. The first kappa shape index (κ1) is 22.3. The highest BCUT2D eigenvalue weighted by Crippen LogP contribution is 2.28. The number of hydrogen-bond donors (Lipinski definition) is 1. The lowest BCUT2D eigenvalue weighted by molar-refractivity contribution is -0.112. The third kappa shape index (κ3) is 5.31. The van der Waals surface area contributed by atoms with Gasteiger partial charge in [-0.25, -0.2) is 0 Å². The minimum Gasteiger partial charge on any atom is -0.321 e. The second kappa shape index (κ2) is 9.73. The minimum atomic E-state index is -0.468. The van der Waals surface area contributed by atoms with Crippen molar-refractivity contribution in [2.45, 2.75) is 20.3 Å². The normalized spacial score (nSPS) is 11.3. The summed E-state index contributed by atoms with van der Waals surface area (Å²) in [6.07, 6.45) is 2.40. The molecule has 4 aromatic carbocycles. The molecule has 1 N–H and O–H groups in total. The Bertz CT molecular complexity index is 1410. The summed E-state index contributed by atoms with van der Waals surface area (Å²) in [4.78, 5) is 12.9. The summed E-state index contributed by atoms with van der Waals surface area (Å²) in [5.41, 5.74) is 6.13. The summed E-state index contributed by atoms with van der Waals surface area (Å²) < 4.78 is 0. The summed E-state index contributed by atoms with van der Waals surface area (Å²) in [6, 6.07) is 27.6. The smallest absolute Gasteiger partial charge is 0.266 e. The second-order valence-corrected chi connectivity index (χ2v) is 8.60. The first-order valence-electron chi connectivity index (χ1n) is 10.7. The van der Waals surface area contributed by atoms with Crippen LogP contribution in [0.15, 0.2) is 84.4 Å². The molecule has 0 atom stereocenters. The van der Waals surface area contributed by atoms with E-state index >= 15 is 0 Å². The van der Waals surface area contributed by atoms with Crippen LogP contribution in [0.25, 0.3) is 16.8 Å². The summed E-state index contributed by atoms with van der Waals surface area (Å²) in [5.74, 6) is -0.468. The minimum absolute atomic E-state index is 0.0352. The Labute approximate surface area is 198 Å². The van der Waals surface area contributed by atoms with E-state index in [1.807, 2.05) is 24.3 Å². The first-order chi connectivity index (χ1) is 15.9. The van der Waals surface area contributed by atoms with Crippen molar-refractivity contribution in [3.63, 3.8) is 0 Å². The molecule has 0 aliphatic rings. The average Bonchev–Trinajstić information content (AvgIpc) is 2.77. The van der Waals surface area contributed by atoms with E-state index in [0.717, 1.165) is 21.9 Å². The maximum atomic E-state index is 12.9. The van der Waals surface area contributed by atoms with Crippen molar-refractivity contribution in [2.75, 3.05) is 5.32 Å². The first-order valence-corrected chi connectivity index (χ1v) is 11.1.